The normalized spacial score (nSPS) is 15.4. The molecule has 0 bridgehead atoms. The minimum atomic E-state index is -0.0353. The lowest BCUT2D eigenvalue weighted by molar-refractivity contribution is 0.112. The second kappa shape index (κ2) is 5.50. The third-order valence-electron chi connectivity index (χ3n) is 3.32. The van der Waals surface area contributed by atoms with Gasteiger partial charge in [-0.25, -0.2) is 0 Å². The molecular weight excluding hydrogens is 266 g/mol. The van der Waals surface area contributed by atoms with E-state index in [9.17, 15) is 4.79 Å². The van der Waals surface area contributed by atoms with Crippen LogP contribution < -0.4 is 9.47 Å². The predicted octanol–water partition coefficient (Wildman–Crippen LogP) is 3.23. The van der Waals surface area contributed by atoms with E-state index in [1.54, 1.807) is 6.07 Å². The highest BCUT2D eigenvalue weighted by Crippen LogP contribution is 2.49. The van der Waals surface area contributed by atoms with Gasteiger partial charge in [0, 0.05) is 17.4 Å². The Labute approximate surface area is 116 Å². The quantitative estimate of drug-likeness (QED) is 0.750. The minimum Gasteiger partial charge on any atom is -0.493 e. The molecule has 0 atom stereocenters. The molecule has 0 N–H and O–H groups in total. The van der Waals surface area contributed by atoms with Gasteiger partial charge in [-0.15, -0.1) is 0 Å². The topological polar surface area (TPSA) is 59.3 Å². The number of rotatable bonds is 6. The first-order valence-corrected chi connectivity index (χ1v) is 6.34. The first kappa shape index (κ1) is 13.7. The van der Waals surface area contributed by atoms with Gasteiger partial charge >= 0.3 is 0 Å². The van der Waals surface area contributed by atoms with Crippen LogP contribution in [-0.2, 0) is 0 Å². The maximum atomic E-state index is 10.8. The van der Waals surface area contributed by atoms with E-state index in [4.69, 9.17) is 26.3 Å². The Hall–Kier alpha value is -1.73. The third kappa shape index (κ3) is 2.99. The van der Waals surface area contributed by atoms with Gasteiger partial charge in [0.2, 0.25) is 0 Å². The summed E-state index contributed by atoms with van der Waals surface area (Å²) in [4.78, 5) is 10.8. The molecule has 1 aromatic carbocycles. The fourth-order valence-electron chi connectivity index (χ4n) is 1.89. The Balaban J connectivity index is 2.16. The van der Waals surface area contributed by atoms with Crippen molar-refractivity contribution in [2.75, 3.05) is 13.7 Å². The maximum absolute atomic E-state index is 10.8. The Bertz CT molecular complexity index is 532. The van der Waals surface area contributed by atoms with Gasteiger partial charge < -0.3 is 9.47 Å². The summed E-state index contributed by atoms with van der Waals surface area (Å²) >= 11 is 6.09. The van der Waals surface area contributed by atoms with Crippen molar-refractivity contribution in [3.8, 4) is 17.6 Å². The van der Waals surface area contributed by atoms with E-state index in [-0.39, 0.29) is 5.41 Å². The molecule has 100 valence electrons. The van der Waals surface area contributed by atoms with Gasteiger partial charge in [-0.1, -0.05) is 11.6 Å². The molecule has 0 radical (unpaired) electrons. The second-order valence-electron chi connectivity index (χ2n) is 4.78. The number of hydrogen-bond donors (Lipinski definition) is 0. The number of aldehydes is 1. The number of halogens is 1. The van der Waals surface area contributed by atoms with E-state index in [1.807, 2.05) is 0 Å². The number of hydrogen-bond acceptors (Lipinski definition) is 4. The number of benzene rings is 1. The molecule has 0 aromatic heterocycles. The molecule has 1 aliphatic rings. The molecule has 0 amide bonds. The van der Waals surface area contributed by atoms with E-state index in [0.717, 1.165) is 12.8 Å². The first-order chi connectivity index (χ1) is 9.14. The smallest absolute Gasteiger partial charge is 0.179 e. The zero-order chi connectivity index (χ0) is 13.9. The molecular formula is C14H14ClNO3. The van der Waals surface area contributed by atoms with Crippen molar-refractivity contribution in [1.82, 2.24) is 0 Å². The van der Waals surface area contributed by atoms with Crippen molar-refractivity contribution >= 4 is 17.9 Å². The monoisotopic (exact) mass is 279 g/mol. The van der Waals surface area contributed by atoms with Crippen LogP contribution in [0.5, 0.6) is 11.5 Å². The minimum absolute atomic E-state index is 0.0353. The number of nitriles is 1. The zero-order valence-corrected chi connectivity index (χ0v) is 11.4. The highest BCUT2D eigenvalue weighted by molar-refractivity contribution is 6.32. The van der Waals surface area contributed by atoms with Crippen molar-refractivity contribution in [3.05, 3.63) is 22.7 Å². The van der Waals surface area contributed by atoms with E-state index >= 15 is 0 Å². The molecule has 0 saturated heterocycles. The average Bonchev–Trinajstić information content (AvgIpc) is 3.17. The summed E-state index contributed by atoms with van der Waals surface area (Å²) in [5.41, 5.74) is 0.402. The third-order valence-corrected chi connectivity index (χ3v) is 3.60. The van der Waals surface area contributed by atoms with E-state index in [1.165, 1.54) is 13.2 Å². The Morgan fingerprint density at radius 3 is 2.79 bits per heavy atom. The number of nitrogens with zero attached hydrogens (tertiary/aromatic N) is 1. The molecule has 0 aliphatic heterocycles. The van der Waals surface area contributed by atoms with Crippen LogP contribution in [0.3, 0.4) is 0 Å². The summed E-state index contributed by atoms with van der Waals surface area (Å²) in [5.74, 6) is 0.862. The van der Waals surface area contributed by atoms with Crippen LogP contribution in [0.1, 0.15) is 29.6 Å². The zero-order valence-electron chi connectivity index (χ0n) is 10.6. The summed E-state index contributed by atoms with van der Waals surface area (Å²) in [6.07, 6.45) is 3.18. The van der Waals surface area contributed by atoms with Gasteiger partial charge in [-0.05, 0) is 25.0 Å². The molecule has 1 fully saturated rings. The van der Waals surface area contributed by atoms with Gasteiger partial charge in [0.15, 0.2) is 11.5 Å². The molecule has 0 heterocycles. The van der Waals surface area contributed by atoms with Crippen LogP contribution in [-0.4, -0.2) is 20.0 Å². The van der Waals surface area contributed by atoms with Crippen molar-refractivity contribution in [2.45, 2.75) is 19.3 Å². The van der Waals surface area contributed by atoms with Gasteiger partial charge in [0.25, 0.3) is 0 Å². The van der Waals surface area contributed by atoms with Crippen LogP contribution in [0.25, 0.3) is 0 Å². The van der Waals surface area contributed by atoms with Gasteiger partial charge in [-0.3, -0.25) is 4.79 Å². The Morgan fingerprint density at radius 2 is 2.26 bits per heavy atom. The van der Waals surface area contributed by atoms with Crippen LogP contribution in [0.15, 0.2) is 12.1 Å². The van der Waals surface area contributed by atoms with Gasteiger partial charge in [-0.2, -0.15) is 5.26 Å². The number of methoxy groups -OCH3 is 1. The number of carbonyl (C=O) groups excluding carboxylic acids is 1. The van der Waals surface area contributed by atoms with Crippen LogP contribution in [0, 0.1) is 16.7 Å². The fourth-order valence-corrected chi connectivity index (χ4v) is 2.16. The molecule has 5 heteroatoms. The van der Waals surface area contributed by atoms with Crippen molar-refractivity contribution in [2.24, 2.45) is 5.41 Å². The van der Waals surface area contributed by atoms with E-state index < -0.39 is 0 Å². The van der Waals surface area contributed by atoms with Crippen LogP contribution in [0.2, 0.25) is 5.02 Å². The van der Waals surface area contributed by atoms with Crippen molar-refractivity contribution in [1.29, 1.82) is 5.26 Å². The molecule has 2 rings (SSSR count). The highest BCUT2D eigenvalue weighted by Gasteiger charge is 2.43. The van der Waals surface area contributed by atoms with Crippen LogP contribution >= 0.6 is 11.6 Å². The predicted molar refractivity (Wildman–Crippen MR) is 70.8 cm³/mol. The van der Waals surface area contributed by atoms with Crippen molar-refractivity contribution < 1.29 is 14.3 Å². The Morgan fingerprint density at radius 1 is 1.53 bits per heavy atom. The summed E-state index contributed by atoms with van der Waals surface area (Å²) in [6, 6.07) is 5.30. The first-order valence-electron chi connectivity index (χ1n) is 5.96. The molecule has 19 heavy (non-hydrogen) atoms. The largest absolute Gasteiger partial charge is 0.493 e. The molecule has 0 spiro atoms. The van der Waals surface area contributed by atoms with Gasteiger partial charge in [0.1, 0.15) is 6.29 Å². The fraction of sp³-hybridized carbons (Fsp3) is 0.429. The van der Waals surface area contributed by atoms with E-state index in [2.05, 4.69) is 6.07 Å². The lowest BCUT2D eigenvalue weighted by Crippen LogP contribution is -2.13. The lowest BCUT2D eigenvalue weighted by Gasteiger charge is -2.16. The van der Waals surface area contributed by atoms with E-state index in [0.29, 0.717) is 41.4 Å². The number of ether oxygens (including phenoxy) is 2. The van der Waals surface area contributed by atoms with Crippen molar-refractivity contribution in [3.63, 3.8) is 0 Å². The average molecular weight is 280 g/mol. The summed E-state index contributed by atoms with van der Waals surface area (Å²) in [7, 11) is 1.50. The number of carbonyl (C=O) groups is 1. The summed E-state index contributed by atoms with van der Waals surface area (Å²) in [6.45, 7) is 0.442. The summed E-state index contributed by atoms with van der Waals surface area (Å²) in [5, 5.41) is 9.11. The SMILES string of the molecule is COc1cc(C=O)cc(Cl)c1OCC1(CC#N)CC1. The molecule has 1 aliphatic carbocycles. The Kier molecular flexibility index (Phi) is 3.96. The van der Waals surface area contributed by atoms with Gasteiger partial charge in [0.05, 0.1) is 24.8 Å². The second-order valence-corrected chi connectivity index (χ2v) is 5.18. The molecule has 4 nitrogen and oxygen atoms in total. The lowest BCUT2D eigenvalue weighted by atomic mass is 10.1. The molecule has 0 unspecified atom stereocenters. The molecule has 1 aromatic rings. The highest BCUT2D eigenvalue weighted by atomic mass is 35.5. The van der Waals surface area contributed by atoms with Crippen LogP contribution in [0.4, 0.5) is 0 Å². The summed E-state index contributed by atoms with van der Waals surface area (Å²) < 4.78 is 10.9. The standard InChI is InChI=1S/C14H14ClNO3/c1-18-12-7-10(8-17)6-11(15)13(12)19-9-14(2-3-14)4-5-16/h6-8H,2-4,9H2,1H3. The molecule has 1 saturated carbocycles. The maximum Gasteiger partial charge on any atom is 0.179 e.